The summed E-state index contributed by atoms with van der Waals surface area (Å²) in [6.07, 6.45) is 2.35. The summed E-state index contributed by atoms with van der Waals surface area (Å²) >= 11 is 0. The molecule has 1 aromatic carbocycles. The SMILES string of the molecule is Cn1c(CN2CCCC(N)C2)nc2ccccc21. The molecule has 2 aromatic rings. The molecule has 0 amide bonds. The number of aryl methyl sites for hydroxylation is 1. The maximum atomic E-state index is 6.02. The predicted octanol–water partition coefficient (Wildman–Crippen LogP) is 1.50. The largest absolute Gasteiger partial charge is 0.330 e. The summed E-state index contributed by atoms with van der Waals surface area (Å²) in [6.45, 7) is 3.03. The molecule has 0 spiro atoms. The minimum atomic E-state index is 0.327. The first-order valence-electron chi connectivity index (χ1n) is 6.62. The highest BCUT2D eigenvalue weighted by Crippen LogP contribution is 2.17. The van der Waals surface area contributed by atoms with Gasteiger partial charge in [0.15, 0.2) is 0 Å². The van der Waals surface area contributed by atoms with Gasteiger partial charge in [0.1, 0.15) is 5.82 Å². The zero-order chi connectivity index (χ0) is 12.5. The fourth-order valence-electron chi connectivity index (χ4n) is 2.77. The number of benzene rings is 1. The third kappa shape index (κ3) is 2.13. The number of aromatic nitrogens is 2. The van der Waals surface area contributed by atoms with Gasteiger partial charge >= 0.3 is 0 Å². The quantitative estimate of drug-likeness (QED) is 0.871. The molecule has 2 heterocycles. The Bertz CT molecular complexity index is 546. The van der Waals surface area contributed by atoms with Crippen LogP contribution in [0.4, 0.5) is 0 Å². The van der Waals surface area contributed by atoms with Crippen molar-refractivity contribution in [2.75, 3.05) is 13.1 Å². The molecule has 0 saturated carbocycles. The van der Waals surface area contributed by atoms with Crippen LogP contribution in [0.3, 0.4) is 0 Å². The molecule has 4 heteroatoms. The zero-order valence-corrected chi connectivity index (χ0v) is 10.8. The number of nitrogens with zero attached hydrogens (tertiary/aromatic N) is 3. The average Bonchev–Trinajstić information content (AvgIpc) is 2.67. The van der Waals surface area contributed by atoms with Crippen molar-refractivity contribution in [1.82, 2.24) is 14.5 Å². The van der Waals surface area contributed by atoms with E-state index in [0.717, 1.165) is 37.4 Å². The Hall–Kier alpha value is -1.39. The van der Waals surface area contributed by atoms with E-state index in [-0.39, 0.29) is 0 Å². The van der Waals surface area contributed by atoms with Crippen LogP contribution in [0.15, 0.2) is 24.3 Å². The summed E-state index contributed by atoms with van der Waals surface area (Å²) in [5.74, 6) is 1.13. The van der Waals surface area contributed by atoms with E-state index in [1.165, 1.54) is 11.9 Å². The second-order valence-corrected chi connectivity index (χ2v) is 5.21. The molecule has 0 bridgehead atoms. The summed E-state index contributed by atoms with van der Waals surface area (Å²) in [5.41, 5.74) is 8.31. The van der Waals surface area contributed by atoms with Gasteiger partial charge in [0.25, 0.3) is 0 Å². The van der Waals surface area contributed by atoms with Gasteiger partial charge in [-0.25, -0.2) is 4.98 Å². The maximum Gasteiger partial charge on any atom is 0.123 e. The van der Waals surface area contributed by atoms with Crippen LogP contribution in [-0.2, 0) is 13.6 Å². The molecule has 3 rings (SSSR count). The third-order valence-corrected chi connectivity index (χ3v) is 3.79. The third-order valence-electron chi connectivity index (χ3n) is 3.79. The first kappa shape index (κ1) is 11.7. The van der Waals surface area contributed by atoms with Crippen molar-refractivity contribution in [2.45, 2.75) is 25.4 Å². The summed E-state index contributed by atoms with van der Waals surface area (Å²) in [6, 6.07) is 8.61. The number of nitrogens with two attached hydrogens (primary N) is 1. The van der Waals surface area contributed by atoms with Crippen LogP contribution in [0.2, 0.25) is 0 Å². The smallest absolute Gasteiger partial charge is 0.123 e. The van der Waals surface area contributed by atoms with E-state index in [4.69, 9.17) is 10.7 Å². The molecule has 0 aliphatic carbocycles. The number of likely N-dealkylation sites (tertiary alicyclic amines) is 1. The molecule has 0 radical (unpaired) electrons. The summed E-state index contributed by atoms with van der Waals surface area (Å²) < 4.78 is 2.19. The minimum Gasteiger partial charge on any atom is -0.330 e. The lowest BCUT2D eigenvalue weighted by atomic mass is 10.1. The molecule has 1 atom stereocenters. The van der Waals surface area contributed by atoms with Gasteiger partial charge in [0, 0.05) is 19.6 Å². The number of piperidine rings is 1. The van der Waals surface area contributed by atoms with Crippen molar-refractivity contribution >= 4 is 11.0 Å². The topological polar surface area (TPSA) is 47.1 Å². The lowest BCUT2D eigenvalue weighted by Gasteiger charge is -2.30. The molecule has 1 fully saturated rings. The van der Waals surface area contributed by atoms with Gasteiger partial charge in [-0.05, 0) is 31.5 Å². The van der Waals surface area contributed by atoms with Crippen molar-refractivity contribution in [2.24, 2.45) is 12.8 Å². The summed E-state index contributed by atoms with van der Waals surface area (Å²) in [4.78, 5) is 7.12. The Labute approximate surface area is 107 Å². The molecule has 4 nitrogen and oxygen atoms in total. The van der Waals surface area contributed by atoms with Gasteiger partial charge in [-0.2, -0.15) is 0 Å². The van der Waals surface area contributed by atoms with Crippen LogP contribution in [0.1, 0.15) is 18.7 Å². The van der Waals surface area contributed by atoms with Crippen molar-refractivity contribution in [1.29, 1.82) is 0 Å². The van der Waals surface area contributed by atoms with Crippen LogP contribution in [0.25, 0.3) is 11.0 Å². The molecule has 1 saturated heterocycles. The van der Waals surface area contributed by atoms with Crippen molar-refractivity contribution < 1.29 is 0 Å². The van der Waals surface area contributed by atoms with Crippen LogP contribution < -0.4 is 5.73 Å². The number of fused-ring (bicyclic) bond motifs is 1. The van der Waals surface area contributed by atoms with Crippen LogP contribution in [0, 0.1) is 0 Å². The molecule has 2 N–H and O–H groups in total. The van der Waals surface area contributed by atoms with Crippen LogP contribution in [0.5, 0.6) is 0 Å². The van der Waals surface area contributed by atoms with E-state index in [1.807, 2.05) is 6.07 Å². The molecular weight excluding hydrogens is 224 g/mol. The van der Waals surface area contributed by atoms with Gasteiger partial charge in [0.2, 0.25) is 0 Å². The first-order chi connectivity index (χ1) is 8.74. The van der Waals surface area contributed by atoms with Gasteiger partial charge in [-0.3, -0.25) is 4.90 Å². The van der Waals surface area contributed by atoms with E-state index in [9.17, 15) is 0 Å². The van der Waals surface area contributed by atoms with Crippen molar-refractivity contribution in [3.8, 4) is 0 Å². The second-order valence-electron chi connectivity index (χ2n) is 5.21. The first-order valence-corrected chi connectivity index (χ1v) is 6.62. The predicted molar refractivity (Wildman–Crippen MR) is 73.2 cm³/mol. The van der Waals surface area contributed by atoms with Gasteiger partial charge < -0.3 is 10.3 Å². The molecule has 18 heavy (non-hydrogen) atoms. The highest BCUT2D eigenvalue weighted by Gasteiger charge is 2.18. The van der Waals surface area contributed by atoms with E-state index >= 15 is 0 Å². The number of imidazole rings is 1. The highest BCUT2D eigenvalue weighted by molar-refractivity contribution is 5.75. The molecular formula is C14H20N4. The normalized spacial score (nSPS) is 21.6. The van der Waals surface area contributed by atoms with Crippen molar-refractivity contribution in [3.05, 3.63) is 30.1 Å². The average molecular weight is 244 g/mol. The molecule has 1 aliphatic heterocycles. The standard InChI is InChI=1S/C14H20N4/c1-17-13-7-3-2-6-12(13)16-14(17)10-18-8-4-5-11(15)9-18/h2-3,6-7,11H,4-5,8-10,15H2,1H3. The van der Waals surface area contributed by atoms with E-state index in [2.05, 4.69) is 34.7 Å². The fraction of sp³-hybridized carbons (Fsp3) is 0.500. The van der Waals surface area contributed by atoms with Crippen molar-refractivity contribution in [3.63, 3.8) is 0 Å². The molecule has 1 aromatic heterocycles. The van der Waals surface area contributed by atoms with E-state index in [1.54, 1.807) is 0 Å². The zero-order valence-electron chi connectivity index (χ0n) is 10.8. The van der Waals surface area contributed by atoms with Crippen LogP contribution in [-0.4, -0.2) is 33.6 Å². The summed E-state index contributed by atoms with van der Waals surface area (Å²) in [5, 5.41) is 0. The second kappa shape index (κ2) is 4.71. The number of para-hydroxylation sites is 2. The molecule has 1 aliphatic rings. The molecule has 96 valence electrons. The number of hydrogen-bond donors (Lipinski definition) is 1. The van der Waals surface area contributed by atoms with Gasteiger partial charge in [0.05, 0.1) is 17.6 Å². The lowest BCUT2D eigenvalue weighted by Crippen LogP contribution is -2.42. The van der Waals surface area contributed by atoms with E-state index < -0.39 is 0 Å². The van der Waals surface area contributed by atoms with Crippen LogP contribution >= 0.6 is 0 Å². The Morgan fingerprint density at radius 2 is 2.22 bits per heavy atom. The lowest BCUT2D eigenvalue weighted by molar-refractivity contribution is 0.196. The van der Waals surface area contributed by atoms with Gasteiger partial charge in [-0.15, -0.1) is 0 Å². The Morgan fingerprint density at radius 1 is 1.39 bits per heavy atom. The number of rotatable bonds is 2. The molecule has 1 unspecified atom stereocenters. The summed E-state index contributed by atoms with van der Waals surface area (Å²) in [7, 11) is 2.09. The van der Waals surface area contributed by atoms with E-state index in [0.29, 0.717) is 6.04 Å². The monoisotopic (exact) mass is 244 g/mol. The number of hydrogen-bond acceptors (Lipinski definition) is 3. The van der Waals surface area contributed by atoms with Gasteiger partial charge in [-0.1, -0.05) is 12.1 Å². The highest BCUT2D eigenvalue weighted by atomic mass is 15.2. The Balaban J connectivity index is 1.84. The Kier molecular flexibility index (Phi) is 3.06. The Morgan fingerprint density at radius 3 is 3.00 bits per heavy atom. The maximum absolute atomic E-state index is 6.02. The minimum absolute atomic E-state index is 0.327. The fourth-order valence-corrected chi connectivity index (χ4v) is 2.77.